The van der Waals surface area contributed by atoms with Crippen LogP contribution < -0.4 is 28.4 Å². The van der Waals surface area contributed by atoms with Gasteiger partial charge in [-0.15, -0.1) is 0 Å². The highest BCUT2D eigenvalue weighted by Gasteiger charge is 2.30. The standard InChI is InChI=1S/C57H81N3O15.C39H45N3O12/c1-13-19-22-40(67-16-4)31-70-55(64)37(10)73-46-28-25-43(49(61)34(46)7)52-58-53(44-26-29-47(35(8)50(44)62)74-38(11)56(65)71-32-41(68-17-5)23-20-14-2)60-54(59-52)45-27-30-48(36(9)51(45)63)75-39(12)57(66)72-33-42(69-18-6)24-21-15-3;1-7-49-31(43)16-19-52-28-13-10-25(34(46)22(28)4)37-40-38(26-11-14-29(23(5)35(26)47)53-20-17-32(44)50-8-2)42-39(41-37)27-12-15-30(24(6)36(27)48)54-21-18-33(45)51-9-3/h25-30,37-42,61-63H,13-24,31-33H2,1-12H3;10-15,46-48H,7-9,16-21H2,1-6H3. The number of phenols is 6. The van der Waals surface area contributed by atoms with Gasteiger partial charge in [-0.1, -0.05) is 59.3 Å². The first-order chi connectivity index (χ1) is 61.8. The van der Waals surface area contributed by atoms with Gasteiger partial charge in [0.15, 0.2) is 53.3 Å². The molecule has 8 aromatic rings. The van der Waals surface area contributed by atoms with E-state index in [1.807, 2.05) is 20.8 Å². The molecule has 129 heavy (non-hydrogen) atoms. The molecule has 0 aliphatic heterocycles. The summed E-state index contributed by atoms with van der Waals surface area (Å²) in [6.07, 6.45) is 4.19. The lowest BCUT2D eigenvalue weighted by atomic mass is 10.0. The molecule has 6 unspecified atom stereocenters. The summed E-state index contributed by atoms with van der Waals surface area (Å²) >= 11 is 0. The third-order valence-electron chi connectivity index (χ3n) is 20.6. The largest absolute Gasteiger partial charge is 0.507 e. The van der Waals surface area contributed by atoms with Crippen molar-refractivity contribution < 1.29 is 130 Å². The van der Waals surface area contributed by atoms with E-state index in [0.29, 0.717) is 53.8 Å². The number of nitrogens with zero attached hydrogens (tertiary/aromatic N) is 6. The Kier molecular flexibility index (Phi) is 42.0. The Morgan fingerprint density at radius 2 is 0.488 bits per heavy atom. The van der Waals surface area contributed by atoms with Crippen molar-refractivity contribution in [2.24, 2.45) is 0 Å². The minimum Gasteiger partial charge on any atom is -0.507 e. The summed E-state index contributed by atoms with van der Waals surface area (Å²) in [6.45, 7) is 33.9. The molecule has 0 aliphatic carbocycles. The molecule has 0 saturated heterocycles. The van der Waals surface area contributed by atoms with E-state index < -0.39 is 54.1 Å². The molecule has 0 fully saturated rings. The van der Waals surface area contributed by atoms with Gasteiger partial charge in [-0.2, -0.15) is 0 Å². The fourth-order valence-electron chi connectivity index (χ4n) is 13.2. The van der Waals surface area contributed by atoms with Crippen LogP contribution in [0.15, 0.2) is 72.8 Å². The van der Waals surface area contributed by atoms with E-state index in [0.717, 1.165) is 57.8 Å². The molecular weight excluding hydrogens is 1670 g/mol. The number of hydrogen-bond donors (Lipinski definition) is 6. The highest BCUT2D eigenvalue weighted by Crippen LogP contribution is 2.46. The lowest BCUT2D eigenvalue weighted by Crippen LogP contribution is -2.30. The zero-order valence-electron chi connectivity index (χ0n) is 77.3. The minimum atomic E-state index is -1.04. The van der Waals surface area contributed by atoms with Crippen LogP contribution >= 0.6 is 0 Å². The van der Waals surface area contributed by atoms with Crippen LogP contribution in [0.3, 0.4) is 0 Å². The van der Waals surface area contributed by atoms with Crippen molar-refractivity contribution >= 4 is 35.8 Å². The third-order valence-corrected chi connectivity index (χ3v) is 20.6. The Morgan fingerprint density at radius 1 is 0.287 bits per heavy atom. The van der Waals surface area contributed by atoms with E-state index in [-0.39, 0.29) is 234 Å². The monoisotopic (exact) mass is 1790 g/mol. The molecule has 33 nitrogen and oxygen atoms in total. The van der Waals surface area contributed by atoms with Gasteiger partial charge in [-0.05, 0) is 196 Å². The average molecular weight is 1800 g/mol. The number of unbranched alkanes of at least 4 members (excludes halogenated alkanes) is 3. The summed E-state index contributed by atoms with van der Waals surface area (Å²) in [4.78, 5) is 103. The molecule has 0 spiro atoms. The maximum atomic E-state index is 13.1. The summed E-state index contributed by atoms with van der Waals surface area (Å²) < 4.78 is 84.0. The number of aromatic nitrogens is 6. The second-order valence-corrected chi connectivity index (χ2v) is 30.2. The molecule has 0 saturated carbocycles. The maximum Gasteiger partial charge on any atom is 0.347 e. The van der Waals surface area contributed by atoms with E-state index in [1.54, 1.807) is 138 Å². The molecule has 0 bridgehead atoms. The van der Waals surface area contributed by atoms with Gasteiger partial charge in [0, 0.05) is 53.2 Å². The number of benzene rings is 6. The molecule has 8 rings (SSSR count). The fraction of sp³-hybridized carbons (Fsp3) is 0.500. The van der Waals surface area contributed by atoms with E-state index in [1.165, 1.54) is 18.2 Å². The molecular formula is C96H126N6O27. The number of carbonyl (C=O) groups excluding carboxylic acids is 6. The second-order valence-electron chi connectivity index (χ2n) is 30.2. The van der Waals surface area contributed by atoms with Gasteiger partial charge in [0.2, 0.25) is 0 Å². The van der Waals surface area contributed by atoms with Crippen molar-refractivity contribution in [3.63, 3.8) is 0 Å². The van der Waals surface area contributed by atoms with Crippen molar-refractivity contribution in [1.29, 1.82) is 0 Å². The first kappa shape index (κ1) is 104. The molecule has 6 aromatic carbocycles. The molecule has 0 aliphatic rings. The van der Waals surface area contributed by atoms with Gasteiger partial charge in [-0.3, -0.25) is 14.4 Å². The molecule has 702 valence electrons. The predicted octanol–water partition coefficient (Wildman–Crippen LogP) is 16.5. The fourth-order valence-corrected chi connectivity index (χ4v) is 13.2. The van der Waals surface area contributed by atoms with Crippen molar-refractivity contribution in [3.05, 3.63) is 106 Å². The lowest BCUT2D eigenvalue weighted by molar-refractivity contribution is -0.156. The van der Waals surface area contributed by atoms with Crippen LogP contribution in [0.25, 0.3) is 68.3 Å². The van der Waals surface area contributed by atoms with E-state index >= 15 is 0 Å². The summed E-state index contributed by atoms with van der Waals surface area (Å²) in [7, 11) is 0. The van der Waals surface area contributed by atoms with Gasteiger partial charge in [-0.25, -0.2) is 44.3 Å². The Balaban J connectivity index is 0.000000372. The van der Waals surface area contributed by atoms with Crippen LogP contribution in [0.2, 0.25) is 0 Å². The number of phenolic OH excluding ortho intramolecular Hbond substituents is 6. The second kappa shape index (κ2) is 52.2. The van der Waals surface area contributed by atoms with Gasteiger partial charge < -0.3 is 102 Å². The Hall–Kier alpha value is -12.4. The van der Waals surface area contributed by atoms with Crippen LogP contribution in [-0.2, 0) is 71.4 Å². The summed E-state index contributed by atoms with van der Waals surface area (Å²) in [5.41, 5.74) is 2.81. The van der Waals surface area contributed by atoms with Crippen molar-refractivity contribution in [2.45, 2.75) is 238 Å². The number of rotatable bonds is 51. The Morgan fingerprint density at radius 3 is 0.682 bits per heavy atom. The first-order valence-corrected chi connectivity index (χ1v) is 44.0. The zero-order valence-corrected chi connectivity index (χ0v) is 77.3. The smallest absolute Gasteiger partial charge is 0.347 e. The number of aromatic hydroxyl groups is 6. The van der Waals surface area contributed by atoms with Crippen LogP contribution in [0.1, 0.15) is 194 Å². The van der Waals surface area contributed by atoms with E-state index in [4.69, 9.17) is 86.0 Å². The topological polar surface area (TPSA) is 440 Å². The molecule has 0 radical (unpaired) electrons. The number of ether oxygens (including phenoxy) is 15. The molecule has 6 N–H and O–H groups in total. The van der Waals surface area contributed by atoms with Crippen molar-refractivity contribution in [1.82, 2.24) is 29.9 Å². The predicted molar refractivity (Wildman–Crippen MR) is 479 cm³/mol. The molecule has 2 heterocycles. The highest BCUT2D eigenvalue weighted by molar-refractivity contribution is 5.82. The quantitative estimate of drug-likeness (QED) is 0.0152. The van der Waals surface area contributed by atoms with Crippen molar-refractivity contribution in [2.75, 3.05) is 79.3 Å². The SMILES string of the molecule is CCCCC(COC(=O)C(C)Oc1ccc(-c2nc(-c3ccc(OC(C)C(=O)OCC(CCCC)OCC)c(C)c3O)nc(-c3ccc(OC(C)C(=O)OCC(CCCC)OCC)c(C)c3O)n2)c(O)c1C)OCC.CCOC(=O)CCOc1ccc(-c2nc(-c3ccc(OCCC(=O)OCC)c(C)c3O)nc(-c3ccc(OCCC(=O)OCC)c(C)c3O)n2)c(O)c1C. The normalized spacial score (nSPS) is 12.5. The number of carbonyl (C=O) groups is 6. The van der Waals surface area contributed by atoms with Crippen molar-refractivity contribution in [3.8, 4) is 137 Å². The summed E-state index contributed by atoms with van der Waals surface area (Å²) in [5, 5.41) is 69.4. The van der Waals surface area contributed by atoms with E-state index in [9.17, 15) is 59.4 Å². The van der Waals surface area contributed by atoms with Crippen LogP contribution in [-0.4, -0.2) is 212 Å². The molecule has 2 aromatic heterocycles. The summed E-state index contributed by atoms with van der Waals surface area (Å²) in [5.74, 6) is -3.07. The Bertz CT molecular complexity index is 4550. The zero-order chi connectivity index (χ0) is 94.6. The molecule has 0 amide bonds. The van der Waals surface area contributed by atoms with Crippen LogP contribution in [0.4, 0.5) is 0 Å². The minimum absolute atomic E-state index is 0.00676. The van der Waals surface area contributed by atoms with Gasteiger partial charge in [0.25, 0.3) is 0 Å². The van der Waals surface area contributed by atoms with Crippen LogP contribution in [0, 0.1) is 41.5 Å². The van der Waals surface area contributed by atoms with Gasteiger partial charge in [0.05, 0.1) is 111 Å². The van der Waals surface area contributed by atoms with Gasteiger partial charge in [0.1, 0.15) is 88.8 Å². The van der Waals surface area contributed by atoms with Gasteiger partial charge >= 0.3 is 35.8 Å². The highest BCUT2D eigenvalue weighted by atomic mass is 16.6. The maximum absolute atomic E-state index is 13.1. The lowest BCUT2D eigenvalue weighted by Gasteiger charge is -2.21. The average Bonchev–Trinajstić information content (AvgIpc) is 0.773. The number of hydrogen-bond acceptors (Lipinski definition) is 33. The number of esters is 6. The molecule has 33 heteroatoms. The van der Waals surface area contributed by atoms with E-state index in [2.05, 4.69) is 35.7 Å². The first-order valence-electron chi connectivity index (χ1n) is 44.0. The third kappa shape index (κ3) is 29.6. The Labute approximate surface area is 753 Å². The summed E-state index contributed by atoms with van der Waals surface area (Å²) in [6, 6.07) is 18.7. The van der Waals surface area contributed by atoms with Crippen LogP contribution in [0.5, 0.6) is 69.0 Å². The molecule has 6 atom stereocenters.